The second-order valence-electron chi connectivity index (χ2n) is 12.6. The maximum absolute atomic E-state index is 13.9. The van der Waals surface area contributed by atoms with E-state index in [1.54, 1.807) is 13.8 Å². The Bertz CT molecular complexity index is 1060. The minimum absolute atomic E-state index is 0.00588. The highest BCUT2D eigenvalue weighted by Crippen LogP contribution is 2.70. The van der Waals surface area contributed by atoms with Crippen molar-refractivity contribution in [2.45, 2.75) is 92.1 Å². The first kappa shape index (κ1) is 25.0. The molecular formula is C27H36O7. The summed E-state index contributed by atoms with van der Waals surface area (Å²) >= 11 is 0. The molecule has 0 aromatic carbocycles. The van der Waals surface area contributed by atoms with E-state index in [1.165, 1.54) is 6.92 Å². The van der Waals surface area contributed by atoms with Crippen LogP contribution in [-0.4, -0.2) is 44.9 Å². The van der Waals surface area contributed by atoms with Crippen molar-refractivity contribution in [3.8, 4) is 0 Å². The molecule has 0 aliphatic heterocycles. The molecule has 0 bridgehead atoms. The van der Waals surface area contributed by atoms with Gasteiger partial charge in [0.15, 0.2) is 11.6 Å². The predicted molar refractivity (Wildman–Crippen MR) is 123 cm³/mol. The Morgan fingerprint density at radius 3 is 2.18 bits per heavy atom. The molecule has 7 heteroatoms. The fourth-order valence-electron chi connectivity index (χ4n) is 8.21. The number of hydrogen-bond donors (Lipinski definition) is 2. The summed E-state index contributed by atoms with van der Waals surface area (Å²) in [6.07, 6.45) is 0.600. The zero-order valence-corrected chi connectivity index (χ0v) is 21.0. The summed E-state index contributed by atoms with van der Waals surface area (Å²) < 4.78 is 0. The lowest BCUT2D eigenvalue weighted by Crippen LogP contribution is -2.60. The summed E-state index contributed by atoms with van der Waals surface area (Å²) in [6.45, 7) is 10.8. The SMILES string of the molecule is CC1(C)C(=O)CC[C@]2(C)C3=C(C(=O)C[C@@H]12)[C@]1(C)C(=O)C[C@H]([C@@](C)(O)CCC(=O)O)[C@@]1(C)CC3=O. The first-order chi connectivity index (χ1) is 15.4. The number of Topliss-reactive ketones (excluding diaryl/α,β-unsaturated/α-hetero) is 4. The lowest BCUT2D eigenvalue weighted by Gasteiger charge is -2.58. The molecule has 0 heterocycles. The normalized spacial score (nSPS) is 41.0. The zero-order chi connectivity index (χ0) is 25.6. The number of carboxylic acid groups (broad SMARTS) is 1. The third-order valence-electron chi connectivity index (χ3n) is 10.5. The third-order valence-corrected chi connectivity index (χ3v) is 10.5. The fourth-order valence-corrected chi connectivity index (χ4v) is 8.21. The van der Waals surface area contributed by atoms with Gasteiger partial charge in [-0.15, -0.1) is 0 Å². The van der Waals surface area contributed by atoms with Crippen LogP contribution in [0, 0.1) is 33.5 Å². The molecule has 0 saturated heterocycles. The first-order valence-electron chi connectivity index (χ1n) is 12.3. The number of aliphatic hydroxyl groups is 1. The van der Waals surface area contributed by atoms with Crippen molar-refractivity contribution in [1.29, 1.82) is 0 Å². The van der Waals surface area contributed by atoms with E-state index in [-0.39, 0.29) is 66.7 Å². The predicted octanol–water partition coefficient (Wildman–Crippen LogP) is 3.46. The molecule has 2 fully saturated rings. The van der Waals surface area contributed by atoms with Crippen LogP contribution in [0.25, 0.3) is 0 Å². The monoisotopic (exact) mass is 472 g/mol. The van der Waals surface area contributed by atoms with E-state index >= 15 is 0 Å². The number of hydrogen-bond acceptors (Lipinski definition) is 6. The van der Waals surface area contributed by atoms with Crippen molar-refractivity contribution in [2.24, 2.45) is 33.5 Å². The Kier molecular flexibility index (Phi) is 5.27. The van der Waals surface area contributed by atoms with Gasteiger partial charge in [-0.25, -0.2) is 0 Å². The molecule has 186 valence electrons. The number of rotatable bonds is 4. The van der Waals surface area contributed by atoms with Gasteiger partial charge in [0.25, 0.3) is 0 Å². The molecule has 6 atom stereocenters. The number of fused-ring (bicyclic) bond motifs is 4. The molecule has 34 heavy (non-hydrogen) atoms. The Morgan fingerprint density at radius 1 is 0.971 bits per heavy atom. The van der Waals surface area contributed by atoms with E-state index in [9.17, 15) is 29.1 Å². The van der Waals surface area contributed by atoms with E-state index in [0.717, 1.165) is 0 Å². The highest BCUT2D eigenvalue weighted by Gasteiger charge is 2.71. The molecule has 0 amide bonds. The molecule has 4 aliphatic rings. The average Bonchev–Trinajstić information content (AvgIpc) is 2.93. The summed E-state index contributed by atoms with van der Waals surface area (Å²) in [6, 6.07) is 0. The topological polar surface area (TPSA) is 126 Å². The minimum atomic E-state index is -1.48. The molecule has 0 spiro atoms. The number of aliphatic carboxylic acids is 1. The molecule has 4 rings (SSSR count). The van der Waals surface area contributed by atoms with Crippen LogP contribution >= 0.6 is 0 Å². The second-order valence-corrected chi connectivity index (χ2v) is 12.6. The van der Waals surface area contributed by atoms with Gasteiger partial charge in [-0.1, -0.05) is 27.7 Å². The molecule has 0 aromatic rings. The number of carbonyl (C=O) groups excluding carboxylic acids is 4. The van der Waals surface area contributed by atoms with Crippen LogP contribution in [0.5, 0.6) is 0 Å². The van der Waals surface area contributed by atoms with Gasteiger partial charge < -0.3 is 10.2 Å². The summed E-state index contributed by atoms with van der Waals surface area (Å²) in [4.78, 5) is 65.2. The van der Waals surface area contributed by atoms with Crippen molar-refractivity contribution >= 4 is 29.1 Å². The molecule has 2 saturated carbocycles. The smallest absolute Gasteiger partial charge is 0.303 e. The second kappa shape index (κ2) is 7.19. The molecular weight excluding hydrogens is 436 g/mol. The van der Waals surface area contributed by atoms with Crippen LogP contribution in [0.1, 0.15) is 86.5 Å². The van der Waals surface area contributed by atoms with Crippen molar-refractivity contribution in [3.63, 3.8) is 0 Å². The van der Waals surface area contributed by atoms with Gasteiger partial charge in [-0.05, 0) is 38.0 Å². The largest absolute Gasteiger partial charge is 0.481 e. The summed E-state index contributed by atoms with van der Waals surface area (Å²) in [5.41, 5.74) is -4.45. The highest BCUT2D eigenvalue weighted by molar-refractivity contribution is 6.16. The van der Waals surface area contributed by atoms with Crippen molar-refractivity contribution in [1.82, 2.24) is 0 Å². The van der Waals surface area contributed by atoms with Gasteiger partial charge in [-0.3, -0.25) is 24.0 Å². The van der Waals surface area contributed by atoms with Crippen molar-refractivity contribution in [2.75, 3.05) is 0 Å². The van der Waals surface area contributed by atoms with E-state index in [0.29, 0.717) is 18.4 Å². The Balaban J connectivity index is 1.89. The summed E-state index contributed by atoms with van der Waals surface area (Å²) in [5.74, 6) is -2.53. The Morgan fingerprint density at radius 2 is 1.59 bits per heavy atom. The zero-order valence-electron chi connectivity index (χ0n) is 21.0. The van der Waals surface area contributed by atoms with Crippen LogP contribution in [-0.2, 0) is 24.0 Å². The van der Waals surface area contributed by atoms with Gasteiger partial charge in [-0.2, -0.15) is 0 Å². The van der Waals surface area contributed by atoms with Crippen LogP contribution in [0.2, 0.25) is 0 Å². The number of ketones is 4. The van der Waals surface area contributed by atoms with E-state index < -0.39 is 39.1 Å². The molecule has 0 radical (unpaired) electrons. The Hall–Kier alpha value is -2.15. The van der Waals surface area contributed by atoms with E-state index in [2.05, 4.69) is 0 Å². The van der Waals surface area contributed by atoms with E-state index in [1.807, 2.05) is 20.8 Å². The van der Waals surface area contributed by atoms with Crippen LogP contribution in [0.15, 0.2) is 11.1 Å². The number of carbonyl (C=O) groups is 5. The highest BCUT2D eigenvalue weighted by atomic mass is 16.4. The lowest BCUT2D eigenvalue weighted by molar-refractivity contribution is -0.149. The average molecular weight is 473 g/mol. The summed E-state index contributed by atoms with van der Waals surface area (Å²) in [5, 5.41) is 20.5. The molecule has 7 nitrogen and oxygen atoms in total. The van der Waals surface area contributed by atoms with Gasteiger partial charge in [0.1, 0.15) is 11.6 Å². The molecule has 2 N–H and O–H groups in total. The van der Waals surface area contributed by atoms with Crippen molar-refractivity contribution in [3.05, 3.63) is 11.1 Å². The standard InChI is InChI=1S/C27H36O7/c1-23(2)16-11-14(28)22-21(24(16,3)9-7-18(23)30)15(29)13-25(4)17(12-19(31)27(22,25)6)26(5,34)10-8-20(32)33/h16-17,34H,7-13H2,1-6H3,(H,32,33)/t16-,17-,24-,25+,26-,27-/m0/s1. The summed E-state index contributed by atoms with van der Waals surface area (Å²) in [7, 11) is 0. The maximum atomic E-state index is 13.9. The molecule has 4 aliphatic carbocycles. The maximum Gasteiger partial charge on any atom is 0.303 e. The molecule has 0 unspecified atom stereocenters. The third kappa shape index (κ3) is 2.94. The number of carboxylic acids is 1. The number of allylic oxidation sites excluding steroid dienone is 2. The molecule has 0 aromatic heterocycles. The van der Waals surface area contributed by atoms with Gasteiger partial charge in [0.05, 0.1) is 11.0 Å². The van der Waals surface area contributed by atoms with Gasteiger partial charge >= 0.3 is 5.97 Å². The van der Waals surface area contributed by atoms with E-state index in [4.69, 9.17) is 5.11 Å². The van der Waals surface area contributed by atoms with Gasteiger partial charge in [0, 0.05) is 60.0 Å². The quantitative estimate of drug-likeness (QED) is 0.642. The minimum Gasteiger partial charge on any atom is -0.481 e. The first-order valence-corrected chi connectivity index (χ1v) is 12.3. The van der Waals surface area contributed by atoms with Gasteiger partial charge in [0.2, 0.25) is 0 Å². The van der Waals surface area contributed by atoms with Crippen LogP contribution in [0.3, 0.4) is 0 Å². The fraction of sp³-hybridized carbons (Fsp3) is 0.741. The van der Waals surface area contributed by atoms with Crippen LogP contribution < -0.4 is 0 Å². The van der Waals surface area contributed by atoms with Crippen LogP contribution in [0.4, 0.5) is 0 Å². The van der Waals surface area contributed by atoms with Crippen molar-refractivity contribution < 1.29 is 34.2 Å². The Labute approximate surface area is 200 Å². The lowest BCUT2D eigenvalue weighted by atomic mass is 9.42.